The van der Waals surface area contributed by atoms with Crippen LogP contribution < -0.4 is 4.72 Å². The van der Waals surface area contributed by atoms with E-state index in [0.29, 0.717) is 16.9 Å². The van der Waals surface area contributed by atoms with Crippen LogP contribution in [0.25, 0.3) is 16.9 Å². The highest BCUT2D eigenvalue weighted by molar-refractivity contribution is 7.92. The molecule has 1 N–H and O–H groups in total. The van der Waals surface area contributed by atoms with E-state index in [9.17, 15) is 21.6 Å². The van der Waals surface area contributed by atoms with Crippen molar-refractivity contribution >= 4 is 15.7 Å². The lowest BCUT2D eigenvalue weighted by atomic mass is 10.1. The van der Waals surface area contributed by atoms with Gasteiger partial charge in [0, 0.05) is 11.3 Å². The third-order valence-electron chi connectivity index (χ3n) is 3.48. The van der Waals surface area contributed by atoms with E-state index in [4.69, 9.17) is 0 Å². The molecule has 0 amide bonds. The molecule has 0 aliphatic carbocycles. The summed E-state index contributed by atoms with van der Waals surface area (Å²) >= 11 is 0. The number of nitrogens with zero attached hydrogens (tertiary/aromatic N) is 2. The SMILES string of the molecule is CS(=O)(=O)Nc1ccc(-n2nc(C(F)(F)F)cc2-c2ccccc2)cc1. The van der Waals surface area contributed by atoms with Crippen molar-refractivity contribution in [1.29, 1.82) is 0 Å². The van der Waals surface area contributed by atoms with Gasteiger partial charge >= 0.3 is 6.18 Å². The number of hydrogen-bond donors (Lipinski definition) is 1. The predicted octanol–water partition coefficient (Wildman–Crippen LogP) is 3.93. The second-order valence-electron chi connectivity index (χ2n) is 5.61. The highest BCUT2D eigenvalue weighted by Crippen LogP contribution is 2.33. The number of halogens is 3. The van der Waals surface area contributed by atoms with Crippen LogP contribution in [0.4, 0.5) is 18.9 Å². The van der Waals surface area contributed by atoms with Gasteiger partial charge in [0.15, 0.2) is 5.69 Å². The molecule has 2 aromatic carbocycles. The molecule has 0 unspecified atom stereocenters. The van der Waals surface area contributed by atoms with Gasteiger partial charge in [-0.25, -0.2) is 13.1 Å². The molecule has 136 valence electrons. The third-order valence-corrected chi connectivity index (χ3v) is 4.09. The molecule has 0 bridgehead atoms. The van der Waals surface area contributed by atoms with Crippen LogP contribution in [0.1, 0.15) is 5.69 Å². The fourth-order valence-corrected chi connectivity index (χ4v) is 2.98. The van der Waals surface area contributed by atoms with E-state index >= 15 is 0 Å². The summed E-state index contributed by atoms with van der Waals surface area (Å²) in [6.45, 7) is 0. The molecule has 0 aliphatic rings. The molecule has 3 aromatic rings. The van der Waals surface area contributed by atoms with Gasteiger partial charge in [-0.2, -0.15) is 18.3 Å². The molecule has 0 fully saturated rings. The van der Waals surface area contributed by atoms with Crippen molar-refractivity contribution in [3.05, 3.63) is 66.4 Å². The summed E-state index contributed by atoms with van der Waals surface area (Å²) < 4.78 is 65.3. The van der Waals surface area contributed by atoms with Gasteiger partial charge in [0.25, 0.3) is 0 Å². The van der Waals surface area contributed by atoms with Crippen LogP contribution in [0.15, 0.2) is 60.7 Å². The van der Waals surface area contributed by atoms with Crippen LogP contribution in [0.2, 0.25) is 0 Å². The van der Waals surface area contributed by atoms with E-state index in [0.717, 1.165) is 12.3 Å². The Labute approximate surface area is 148 Å². The molecule has 0 saturated carbocycles. The number of benzene rings is 2. The molecule has 1 heterocycles. The first-order valence-electron chi connectivity index (χ1n) is 7.44. The van der Waals surface area contributed by atoms with Gasteiger partial charge in [-0.15, -0.1) is 0 Å². The second kappa shape index (κ2) is 6.49. The van der Waals surface area contributed by atoms with Crippen LogP contribution in [0.5, 0.6) is 0 Å². The lowest BCUT2D eigenvalue weighted by Crippen LogP contribution is -2.10. The zero-order chi connectivity index (χ0) is 18.9. The number of sulfonamides is 1. The topological polar surface area (TPSA) is 64.0 Å². The highest BCUT2D eigenvalue weighted by atomic mass is 32.2. The minimum Gasteiger partial charge on any atom is -0.284 e. The van der Waals surface area contributed by atoms with Gasteiger partial charge in [0.05, 0.1) is 17.6 Å². The molecule has 0 radical (unpaired) electrons. The summed E-state index contributed by atoms with van der Waals surface area (Å²) in [6, 6.07) is 15.5. The summed E-state index contributed by atoms with van der Waals surface area (Å²) in [5.41, 5.74) is 0.532. The van der Waals surface area contributed by atoms with Crippen molar-refractivity contribution in [1.82, 2.24) is 9.78 Å². The van der Waals surface area contributed by atoms with E-state index in [1.165, 1.54) is 28.9 Å². The quantitative estimate of drug-likeness (QED) is 0.745. The highest BCUT2D eigenvalue weighted by Gasteiger charge is 2.35. The zero-order valence-corrected chi connectivity index (χ0v) is 14.3. The van der Waals surface area contributed by atoms with Crippen molar-refractivity contribution in [3.63, 3.8) is 0 Å². The lowest BCUT2D eigenvalue weighted by Gasteiger charge is -2.09. The Morgan fingerprint density at radius 2 is 1.62 bits per heavy atom. The van der Waals surface area contributed by atoms with Gasteiger partial charge in [0.2, 0.25) is 10.0 Å². The predicted molar refractivity (Wildman–Crippen MR) is 92.5 cm³/mol. The lowest BCUT2D eigenvalue weighted by molar-refractivity contribution is -0.141. The van der Waals surface area contributed by atoms with Crippen molar-refractivity contribution in [2.45, 2.75) is 6.18 Å². The Morgan fingerprint density at radius 1 is 1.00 bits per heavy atom. The largest absolute Gasteiger partial charge is 0.435 e. The molecule has 3 rings (SSSR count). The van der Waals surface area contributed by atoms with Crippen molar-refractivity contribution in [2.75, 3.05) is 11.0 Å². The Morgan fingerprint density at radius 3 is 2.15 bits per heavy atom. The third kappa shape index (κ3) is 4.05. The van der Waals surface area contributed by atoms with Gasteiger partial charge in [-0.3, -0.25) is 4.72 Å². The van der Waals surface area contributed by atoms with Gasteiger partial charge in [-0.1, -0.05) is 30.3 Å². The summed E-state index contributed by atoms with van der Waals surface area (Å²) in [7, 11) is -3.44. The Hall–Kier alpha value is -2.81. The van der Waals surface area contributed by atoms with Crippen molar-refractivity contribution in [3.8, 4) is 16.9 Å². The second-order valence-corrected chi connectivity index (χ2v) is 7.36. The van der Waals surface area contributed by atoms with E-state index in [1.807, 2.05) is 0 Å². The molecule has 0 aliphatic heterocycles. The average Bonchev–Trinajstić information content (AvgIpc) is 3.00. The van der Waals surface area contributed by atoms with E-state index in [2.05, 4.69) is 9.82 Å². The smallest absolute Gasteiger partial charge is 0.284 e. The number of hydrogen-bond acceptors (Lipinski definition) is 3. The molecule has 5 nitrogen and oxygen atoms in total. The molecule has 0 saturated heterocycles. The summed E-state index contributed by atoms with van der Waals surface area (Å²) in [4.78, 5) is 0. The fourth-order valence-electron chi connectivity index (χ4n) is 2.42. The van der Waals surface area contributed by atoms with Gasteiger partial charge in [0.1, 0.15) is 0 Å². The van der Waals surface area contributed by atoms with Gasteiger partial charge < -0.3 is 0 Å². The van der Waals surface area contributed by atoms with Crippen LogP contribution in [0.3, 0.4) is 0 Å². The summed E-state index contributed by atoms with van der Waals surface area (Å²) in [5, 5.41) is 3.69. The number of rotatable bonds is 4. The Kier molecular flexibility index (Phi) is 4.49. The summed E-state index contributed by atoms with van der Waals surface area (Å²) in [6.07, 6.45) is -3.57. The fraction of sp³-hybridized carbons (Fsp3) is 0.118. The number of nitrogens with one attached hydrogen (secondary N) is 1. The van der Waals surface area contributed by atoms with Crippen LogP contribution in [0, 0.1) is 0 Å². The molecular formula is C17H14F3N3O2S. The Bertz CT molecular complexity index is 1010. The van der Waals surface area contributed by atoms with Crippen molar-refractivity contribution < 1.29 is 21.6 Å². The summed E-state index contributed by atoms with van der Waals surface area (Å²) in [5.74, 6) is 0. The first kappa shape index (κ1) is 18.0. The van der Waals surface area contributed by atoms with E-state index in [1.54, 1.807) is 30.3 Å². The minimum absolute atomic E-state index is 0.279. The normalized spacial score (nSPS) is 12.2. The van der Waals surface area contributed by atoms with E-state index in [-0.39, 0.29) is 5.69 Å². The maximum atomic E-state index is 13.1. The first-order chi connectivity index (χ1) is 12.1. The van der Waals surface area contributed by atoms with Gasteiger partial charge in [-0.05, 0) is 30.3 Å². The van der Waals surface area contributed by atoms with Crippen LogP contribution in [-0.2, 0) is 16.2 Å². The zero-order valence-electron chi connectivity index (χ0n) is 13.5. The molecule has 9 heteroatoms. The number of aromatic nitrogens is 2. The van der Waals surface area contributed by atoms with Crippen LogP contribution >= 0.6 is 0 Å². The molecule has 1 aromatic heterocycles. The number of alkyl halides is 3. The first-order valence-corrected chi connectivity index (χ1v) is 9.33. The number of anilines is 1. The van der Waals surface area contributed by atoms with E-state index < -0.39 is 21.9 Å². The van der Waals surface area contributed by atoms with Crippen LogP contribution in [-0.4, -0.2) is 24.5 Å². The molecule has 0 atom stereocenters. The molecule has 26 heavy (non-hydrogen) atoms. The maximum absolute atomic E-state index is 13.1. The minimum atomic E-state index is -4.58. The standard InChI is InChI=1S/C17H14F3N3O2S/c1-26(24,25)22-13-7-9-14(10-8-13)23-15(12-5-3-2-4-6-12)11-16(21-23)17(18,19)20/h2-11,22H,1H3. The monoisotopic (exact) mass is 381 g/mol. The Balaban J connectivity index is 2.07. The maximum Gasteiger partial charge on any atom is 0.435 e. The van der Waals surface area contributed by atoms with Crippen molar-refractivity contribution in [2.24, 2.45) is 0 Å². The average molecular weight is 381 g/mol. The molecule has 0 spiro atoms. The molecular weight excluding hydrogens is 367 g/mol.